The largest absolute Gasteiger partial charge is 0.328 e. The topological polar surface area (TPSA) is 30.4 Å². The summed E-state index contributed by atoms with van der Waals surface area (Å²) in [7, 11) is 0. The lowest BCUT2D eigenvalue weighted by molar-refractivity contribution is -0.0376. The van der Waals surface area contributed by atoms with Crippen molar-refractivity contribution >= 4 is 12.4 Å². The van der Waals surface area contributed by atoms with E-state index in [1.54, 1.807) is 0 Å². The highest BCUT2D eigenvalue weighted by Crippen LogP contribution is 2.34. The van der Waals surface area contributed by atoms with Gasteiger partial charge in [0.05, 0.1) is 0 Å². The Hall–Kier alpha value is -0.540. The van der Waals surface area contributed by atoms with Crippen LogP contribution < -0.4 is 5.73 Å². The summed E-state index contributed by atoms with van der Waals surface area (Å²) in [5.41, 5.74) is 5.42. The fourth-order valence-corrected chi connectivity index (χ4v) is 2.22. The number of nitrogens with zero attached hydrogens (tertiary/aromatic N) is 1. The van der Waals surface area contributed by atoms with Gasteiger partial charge in [-0.05, 0) is 12.8 Å². The van der Waals surface area contributed by atoms with Gasteiger partial charge in [-0.1, -0.05) is 0 Å². The molecule has 2 rings (SSSR count). The zero-order chi connectivity index (χ0) is 14.5. The number of hydrogen-bond donors (Lipinski definition) is 1. The van der Waals surface area contributed by atoms with Crippen LogP contribution in [0, 0.1) is 6.57 Å². The van der Waals surface area contributed by atoms with Gasteiger partial charge in [0.2, 0.25) is 17.9 Å². The Morgan fingerprint density at radius 1 is 0.850 bits per heavy atom. The van der Waals surface area contributed by atoms with Crippen molar-refractivity contribution in [1.82, 2.24) is 0 Å². The molecule has 20 heavy (non-hydrogen) atoms. The maximum absolute atomic E-state index is 12.4. The van der Waals surface area contributed by atoms with E-state index >= 15 is 0 Å². The van der Waals surface area contributed by atoms with E-state index in [0.29, 0.717) is 25.7 Å². The third kappa shape index (κ3) is 7.30. The van der Waals surface area contributed by atoms with Gasteiger partial charge >= 0.3 is 0 Å². The molecule has 2 saturated carbocycles. The Morgan fingerprint density at radius 3 is 1.50 bits per heavy atom. The lowest BCUT2D eigenvalue weighted by Gasteiger charge is -2.25. The van der Waals surface area contributed by atoms with Crippen molar-refractivity contribution in [2.75, 3.05) is 0 Å². The van der Waals surface area contributed by atoms with Gasteiger partial charge < -0.3 is 10.6 Å². The first-order valence-corrected chi connectivity index (χ1v) is 6.62. The molecule has 0 unspecified atom stereocenters. The number of hydrogen-bond acceptors (Lipinski definition) is 1. The van der Waals surface area contributed by atoms with Gasteiger partial charge in [-0.25, -0.2) is 24.1 Å². The minimum absolute atomic E-state index is 0. The zero-order valence-electron chi connectivity index (χ0n) is 11.3. The van der Waals surface area contributed by atoms with Crippen molar-refractivity contribution in [1.29, 1.82) is 0 Å². The Balaban J connectivity index is 0.000000345. The molecule has 0 heterocycles. The zero-order valence-corrected chi connectivity index (χ0v) is 12.1. The average molecular weight is 317 g/mol. The highest BCUT2D eigenvalue weighted by Gasteiger charge is 2.37. The monoisotopic (exact) mass is 316 g/mol. The van der Waals surface area contributed by atoms with Crippen LogP contribution in [-0.2, 0) is 0 Å². The van der Waals surface area contributed by atoms with Gasteiger partial charge in [-0.15, -0.1) is 12.4 Å². The molecule has 0 aliphatic heterocycles. The van der Waals surface area contributed by atoms with Crippen LogP contribution in [0.15, 0.2) is 0 Å². The van der Waals surface area contributed by atoms with Crippen LogP contribution in [0.2, 0.25) is 0 Å². The Labute approximate surface area is 123 Å². The van der Waals surface area contributed by atoms with Gasteiger partial charge in [-0.3, -0.25) is 0 Å². The molecule has 0 bridgehead atoms. The van der Waals surface area contributed by atoms with Crippen molar-refractivity contribution in [3.63, 3.8) is 0 Å². The molecule has 0 amide bonds. The normalized spacial score (nSPS) is 25.6. The maximum atomic E-state index is 12.4. The number of rotatable bonds is 0. The second-order valence-electron chi connectivity index (χ2n) is 5.41. The standard InChI is InChI=1S/C7H9F2N.C6H11F2N.ClH/c1-10-6-2-4-7(8,9)5-3-6;7-6(8)3-1-5(9)2-4-6;/h6H,2-5H2;5H,1-4,9H2;1H. The average Bonchev–Trinajstić information content (AvgIpc) is 2.34. The van der Waals surface area contributed by atoms with Crippen LogP contribution in [0.4, 0.5) is 17.6 Å². The third-order valence-corrected chi connectivity index (χ3v) is 3.63. The lowest BCUT2D eigenvalue weighted by atomic mass is 9.93. The summed E-state index contributed by atoms with van der Waals surface area (Å²) in [6, 6.07) is -0.121. The van der Waals surface area contributed by atoms with Crippen LogP contribution in [-0.4, -0.2) is 23.9 Å². The van der Waals surface area contributed by atoms with Crippen molar-refractivity contribution in [2.45, 2.75) is 75.3 Å². The molecule has 2 aliphatic rings. The summed E-state index contributed by atoms with van der Waals surface area (Å²) in [6.07, 6.45) is 1.47. The van der Waals surface area contributed by atoms with E-state index in [4.69, 9.17) is 12.3 Å². The molecule has 2 nitrogen and oxygen atoms in total. The van der Waals surface area contributed by atoms with E-state index in [0.717, 1.165) is 0 Å². The van der Waals surface area contributed by atoms with Gasteiger partial charge in [0.25, 0.3) is 0 Å². The quantitative estimate of drug-likeness (QED) is 0.520. The van der Waals surface area contributed by atoms with Crippen LogP contribution in [0.1, 0.15) is 51.4 Å². The van der Waals surface area contributed by atoms with E-state index in [1.807, 2.05) is 0 Å². The van der Waals surface area contributed by atoms with E-state index in [-0.39, 0.29) is 50.2 Å². The molecule has 2 aliphatic carbocycles. The van der Waals surface area contributed by atoms with Crippen molar-refractivity contribution in [2.24, 2.45) is 5.73 Å². The molecule has 2 N–H and O–H groups in total. The second-order valence-corrected chi connectivity index (χ2v) is 5.41. The minimum atomic E-state index is -2.48. The highest BCUT2D eigenvalue weighted by molar-refractivity contribution is 5.85. The number of nitrogens with two attached hydrogens (primary N) is 1. The van der Waals surface area contributed by atoms with Gasteiger partial charge in [0.15, 0.2) is 0 Å². The third-order valence-electron chi connectivity index (χ3n) is 3.63. The van der Waals surface area contributed by atoms with Gasteiger partial charge in [0, 0.05) is 44.6 Å². The molecular weight excluding hydrogens is 296 g/mol. The predicted octanol–water partition coefficient (Wildman–Crippen LogP) is 4.43. The van der Waals surface area contributed by atoms with Crippen LogP contribution in [0.3, 0.4) is 0 Å². The molecular formula is C13H21ClF4N2. The Kier molecular flexibility index (Phi) is 7.82. The fourth-order valence-electron chi connectivity index (χ4n) is 2.22. The van der Waals surface area contributed by atoms with Crippen LogP contribution >= 0.6 is 12.4 Å². The molecule has 0 aromatic carbocycles. The van der Waals surface area contributed by atoms with Crippen molar-refractivity contribution in [3.8, 4) is 0 Å². The van der Waals surface area contributed by atoms with Crippen LogP contribution in [0.5, 0.6) is 0 Å². The molecule has 0 aromatic heterocycles. The molecule has 2 fully saturated rings. The van der Waals surface area contributed by atoms with E-state index in [9.17, 15) is 17.6 Å². The summed E-state index contributed by atoms with van der Waals surface area (Å²) in [4.78, 5) is 3.23. The van der Waals surface area contributed by atoms with Crippen molar-refractivity contribution in [3.05, 3.63) is 11.4 Å². The molecule has 0 aromatic rings. The fraction of sp³-hybridized carbons (Fsp3) is 0.923. The van der Waals surface area contributed by atoms with Gasteiger partial charge in [-0.2, -0.15) is 0 Å². The summed E-state index contributed by atoms with van der Waals surface area (Å²) >= 11 is 0. The molecule has 0 radical (unpaired) electrons. The summed E-state index contributed by atoms with van der Waals surface area (Å²) in [6.45, 7) is 6.61. The minimum Gasteiger partial charge on any atom is -0.328 e. The first-order valence-electron chi connectivity index (χ1n) is 6.62. The Morgan fingerprint density at radius 2 is 1.20 bits per heavy atom. The number of alkyl halides is 4. The predicted molar refractivity (Wildman–Crippen MR) is 72.4 cm³/mol. The summed E-state index contributed by atoms with van der Waals surface area (Å²) in [5.74, 6) is -4.91. The van der Waals surface area contributed by atoms with E-state index in [2.05, 4.69) is 4.85 Å². The second kappa shape index (κ2) is 8.04. The smallest absolute Gasteiger partial charge is 0.248 e. The van der Waals surface area contributed by atoms with Crippen molar-refractivity contribution < 1.29 is 17.6 Å². The Bertz CT molecular complexity index is 311. The first-order chi connectivity index (χ1) is 8.74. The number of halogens is 5. The van der Waals surface area contributed by atoms with Crippen LogP contribution in [0.25, 0.3) is 4.85 Å². The summed E-state index contributed by atoms with van der Waals surface area (Å²) in [5, 5.41) is 0. The maximum Gasteiger partial charge on any atom is 0.248 e. The van der Waals surface area contributed by atoms with E-state index in [1.165, 1.54) is 0 Å². The molecule has 0 spiro atoms. The van der Waals surface area contributed by atoms with E-state index < -0.39 is 11.8 Å². The highest BCUT2D eigenvalue weighted by atomic mass is 35.5. The summed E-state index contributed by atoms with van der Waals surface area (Å²) < 4.78 is 49.5. The van der Waals surface area contributed by atoms with Gasteiger partial charge in [0.1, 0.15) is 0 Å². The lowest BCUT2D eigenvalue weighted by Crippen LogP contribution is -2.32. The SMILES string of the molecule is Cl.NC1CCC(F)(F)CC1.[C-]#[N+]C1CCC(F)(F)CC1. The molecule has 118 valence electrons. The first kappa shape index (κ1) is 19.5. The molecule has 0 atom stereocenters. The molecule has 7 heteroatoms. The molecule has 0 saturated heterocycles.